The van der Waals surface area contributed by atoms with Gasteiger partial charge in [0.05, 0.1) is 22.7 Å². The first kappa shape index (κ1) is 20.3. The van der Waals surface area contributed by atoms with Gasteiger partial charge in [-0.1, -0.05) is 48.0 Å². The zero-order chi connectivity index (χ0) is 21.9. The van der Waals surface area contributed by atoms with E-state index < -0.39 is 0 Å². The van der Waals surface area contributed by atoms with Gasteiger partial charge in [-0.25, -0.2) is 4.98 Å². The van der Waals surface area contributed by atoms with Gasteiger partial charge in [0.25, 0.3) is 0 Å². The number of hydrogen-bond donors (Lipinski definition) is 2. The lowest BCUT2D eigenvalue weighted by Gasteiger charge is -2.11. The van der Waals surface area contributed by atoms with Crippen molar-refractivity contribution < 1.29 is 14.6 Å². The summed E-state index contributed by atoms with van der Waals surface area (Å²) in [6.07, 6.45) is 1.70. The van der Waals surface area contributed by atoms with Crippen LogP contribution in [0.3, 0.4) is 0 Å². The van der Waals surface area contributed by atoms with Crippen LogP contribution >= 0.6 is 11.3 Å². The summed E-state index contributed by atoms with van der Waals surface area (Å²) in [4.78, 5) is 8.69. The minimum absolute atomic E-state index is 0.0160. The van der Waals surface area contributed by atoms with Gasteiger partial charge in [0, 0.05) is 17.6 Å². The average molecular weight is 443 g/mol. The van der Waals surface area contributed by atoms with Crippen LogP contribution in [0.1, 0.15) is 16.0 Å². The number of aliphatic hydroxyl groups excluding tert-OH is 1. The highest BCUT2D eigenvalue weighted by molar-refractivity contribution is 7.14. The Balaban J connectivity index is 1.52. The molecule has 0 unspecified atom stereocenters. The van der Waals surface area contributed by atoms with Crippen LogP contribution in [0.5, 0.6) is 17.2 Å². The third-order valence-corrected chi connectivity index (χ3v) is 6.11. The van der Waals surface area contributed by atoms with Gasteiger partial charge < -0.3 is 19.6 Å². The highest BCUT2D eigenvalue weighted by Crippen LogP contribution is 2.37. The predicted molar refractivity (Wildman–Crippen MR) is 127 cm³/mol. The van der Waals surface area contributed by atoms with Crippen molar-refractivity contribution in [3.63, 3.8) is 0 Å². The molecule has 5 rings (SSSR count). The number of nitrogens with zero attached hydrogens (tertiary/aromatic N) is 1. The third-order valence-electron chi connectivity index (χ3n) is 5.10. The molecule has 0 fully saturated rings. The maximum Gasteiger partial charge on any atom is 0.147 e. The SMILES string of the molecule is Cc1ccc(Oc2cc(OCc3ccccc3)c3[nH]c(-c4ncc(CO)s4)cc3c2)cc1. The normalized spacial score (nSPS) is 11.1. The summed E-state index contributed by atoms with van der Waals surface area (Å²) >= 11 is 1.46. The van der Waals surface area contributed by atoms with Crippen molar-refractivity contribution in [2.75, 3.05) is 0 Å². The van der Waals surface area contributed by atoms with E-state index in [9.17, 15) is 5.11 Å². The number of aromatic amines is 1. The number of aromatic nitrogens is 2. The molecule has 5 nitrogen and oxygen atoms in total. The molecule has 0 radical (unpaired) electrons. The van der Waals surface area contributed by atoms with Gasteiger partial charge in [0.1, 0.15) is 28.9 Å². The monoisotopic (exact) mass is 442 g/mol. The molecule has 0 spiro atoms. The Kier molecular flexibility index (Phi) is 5.62. The zero-order valence-electron chi connectivity index (χ0n) is 17.5. The van der Waals surface area contributed by atoms with Crippen molar-refractivity contribution in [1.82, 2.24) is 9.97 Å². The molecule has 0 aliphatic carbocycles. The quantitative estimate of drug-likeness (QED) is 0.303. The molecule has 0 aliphatic heterocycles. The summed E-state index contributed by atoms with van der Waals surface area (Å²) in [6.45, 7) is 2.48. The summed E-state index contributed by atoms with van der Waals surface area (Å²) < 4.78 is 12.3. The van der Waals surface area contributed by atoms with Crippen LogP contribution in [0.25, 0.3) is 21.6 Å². The summed E-state index contributed by atoms with van der Waals surface area (Å²) in [5, 5.41) is 11.2. The van der Waals surface area contributed by atoms with E-state index in [2.05, 4.69) is 9.97 Å². The first-order valence-electron chi connectivity index (χ1n) is 10.3. The first-order chi connectivity index (χ1) is 15.7. The fourth-order valence-electron chi connectivity index (χ4n) is 3.46. The van der Waals surface area contributed by atoms with E-state index in [-0.39, 0.29) is 6.61 Å². The number of aliphatic hydroxyl groups is 1. The number of benzene rings is 3. The van der Waals surface area contributed by atoms with Crippen molar-refractivity contribution in [2.45, 2.75) is 20.1 Å². The highest BCUT2D eigenvalue weighted by atomic mass is 32.1. The van der Waals surface area contributed by atoms with Gasteiger partial charge in [0.2, 0.25) is 0 Å². The molecule has 2 aromatic heterocycles. The summed E-state index contributed by atoms with van der Waals surface area (Å²) in [6, 6.07) is 24.0. The first-order valence-corrected chi connectivity index (χ1v) is 11.1. The van der Waals surface area contributed by atoms with Crippen LogP contribution in [0, 0.1) is 6.92 Å². The molecule has 5 aromatic rings. The second-order valence-electron chi connectivity index (χ2n) is 7.55. The molecule has 0 atom stereocenters. The van der Waals surface area contributed by atoms with E-state index >= 15 is 0 Å². The minimum Gasteiger partial charge on any atom is -0.487 e. The Morgan fingerprint density at radius 3 is 2.53 bits per heavy atom. The Morgan fingerprint density at radius 2 is 1.78 bits per heavy atom. The maximum absolute atomic E-state index is 9.38. The van der Waals surface area contributed by atoms with Gasteiger partial charge in [-0.2, -0.15) is 0 Å². The van der Waals surface area contributed by atoms with E-state index in [0.717, 1.165) is 37.8 Å². The molecule has 3 aromatic carbocycles. The highest BCUT2D eigenvalue weighted by Gasteiger charge is 2.14. The van der Waals surface area contributed by atoms with Gasteiger partial charge in [-0.05, 0) is 36.8 Å². The van der Waals surface area contributed by atoms with Gasteiger partial charge in [-0.3, -0.25) is 0 Å². The third kappa shape index (κ3) is 4.37. The van der Waals surface area contributed by atoms with E-state index in [1.165, 1.54) is 16.9 Å². The predicted octanol–water partition coefficient (Wildman–Crippen LogP) is 6.46. The lowest BCUT2D eigenvalue weighted by molar-refractivity contribution is 0.285. The minimum atomic E-state index is -0.0160. The number of ether oxygens (including phenoxy) is 2. The molecule has 2 heterocycles. The largest absolute Gasteiger partial charge is 0.487 e. The van der Waals surface area contributed by atoms with Crippen molar-refractivity contribution in [3.8, 4) is 28.0 Å². The number of rotatable bonds is 7. The Morgan fingerprint density at radius 1 is 0.969 bits per heavy atom. The number of aryl methyl sites for hydroxylation is 1. The van der Waals surface area contributed by atoms with Crippen LogP contribution in [0.15, 0.2) is 79.0 Å². The fraction of sp³-hybridized carbons (Fsp3) is 0.115. The molecule has 2 N–H and O–H groups in total. The fourth-order valence-corrected chi connectivity index (χ4v) is 4.20. The molecular weight excluding hydrogens is 420 g/mol. The van der Waals surface area contributed by atoms with Crippen LogP contribution < -0.4 is 9.47 Å². The van der Waals surface area contributed by atoms with Crippen molar-refractivity contribution in [1.29, 1.82) is 0 Å². The van der Waals surface area contributed by atoms with Crippen molar-refractivity contribution in [3.05, 3.63) is 95.0 Å². The van der Waals surface area contributed by atoms with Gasteiger partial charge in [-0.15, -0.1) is 11.3 Å². The summed E-state index contributed by atoms with van der Waals surface area (Å²) in [5.74, 6) is 2.18. The van der Waals surface area contributed by atoms with Crippen LogP contribution in [0.2, 0.25) is 0 Å². The number of hydrogen-bond acceptors (Lipinski definition) is 5. The second-order valence-corrected chi connectivity index (χ2v) is 8.66. The molecule has 6 heteroatoms. The topological polar surface area (TPSA) is 67.4 Å². The van der Waals surface area contributed by atoms with Crippen LogP contribution in [0.4, 0.5) is 0 Å². The Bertz CT molecular complexity index is 1340. The Labute approximate surface area is 189 Å². The smallest absolute Gasteiger partial charge is 0.147 e. The molecule has 0 saturated carbocycles. The number of thiazole rings is 1. The molecule has 160 valence electrons. The lowest BCUT2D eigenvalue weighted by Crippen LogP contribution is -1.96. The van der Waals surface area contributed by atoms with E-state index in [1.807, 2.05) is 79.7 Å². The molecular formula is C26H22N2O3S. The summed E-state index contributed by atoms with van der Waals surface area (Å²) in [5.41, 5.74) is 4.03. The van der Waals surface area contributed by atoms with Gasteiger partial charge in [0.15, 0.2) is 0 Å². The van der Waals surface area contributed by atoms with Gasteiger partial charge >= 0.3 is 0 Å². The van der Waals surface area contributed by atoms with E-state index in [4.69, 9.17) is 9.47 Å². The van der Waals surface area contributed by atoms with E-state index in [1.54, 1.807) is 6.20 Å². The number of fused-ring (bicyclic) bond motifs is 1. The molecule has 32 heavy (non-hydrogen) atoms. The van der Waals surface area contributed by atoms with Crippen molar-refractivity contribution >= 4 is 22.2 Å². The summed E-state index contributed by atoms with van der Waals surface area (Å²) in [7, 11) is 0. The van der Waals surface area contributed by atoms with Crippen LogP contribution in [-0.4, -0.2) is 15.1 Å². The molecule has 0 aliphatic rings. The molecule has 0 saturated heterocycles. The average Bonchev–Trinajstić information content (AvgIpc) is 3.47. The Hall–Kier alpha value is -3.61. The number of H-pyrrole nitrogens is 1. The lowest BCUT2D eigenvalue weighted by atomic mass is 10.2. The molecule has 0 bridgehead atoms. The second kappa shape index (κ2) is 8.86. The zero-order valence-corrected chi connectivity index (χ0v) is 18.4. The van der Waals surface area contributed by atoms with E-state index in [0.29, 0.717) is 18.1 Å². The number of nitrogens with one attached hydrogen (secondary N) is 1. The van der Waals surface area contributed by atoms with Crippen LogP contribution in [-0.2, 0) is 13.2 Å². The molecule has 0 amide bonds. The standard InChI is InChI=1S/C26H22N2O3S/c1-17-7-9-20(10-8-17)31-21-11-19-12-23(26-27-14-22(15-29)32-26)28-25(19)24(13-21)30-16-18-5-3-2-4-6-18/h2-14,28-29H,15-16H2,1H3. The van der Waals surface area contributed by atoms with Crippen molar-refractivity contribution in [2.24, 2.45) is 0 Å². The maximum atomic E-state index is 9.38.